The van der Waals surface area contributed by atoms with Gasteiger partial charge < -0.3 is 10.1 Å². The summed E-state index contributed by atoms with van der Waals surface area (Å²) >= 11 is 1.91. The van der Waals surface area contributed by atoms with E-state index in [1.807, 2.05) is 11.3 Å². The summed E-state index contributed by atoms with van der Waals surface area (Å²) in [4.78, 5) is 6.45. The Balaban J connectivity index is 2.20. The molecule has 1 heterocycles. The molecule has 0 fully saturated rings. The Hall–Kier alpha value is -0.450. The van der Waals surface area contributed by atoms with E-state index < -0.39 is 0 Å². The maximum atomic E-state index is 5.15. The minimum absolute atomic E-state index is 0.0411. The maximum Gasteiger partial charge on any atom is 0.113 e. The molecule has 0 aliphatic heterocycles. The molecule has 1 atom stereocenters. The number of rotatable bonds is 6. The molecular weight excluding hydrogens is 256 g/mol. The van der Waals surface area contributed by atoms with Gasteiger partial charge in [-0.15, -0.1) is 11.3 Å². The molecule has 3 nitrogen and oxygen atoms in total. The molecule has 0 spiro atoms. The highest BCUT2D eigenvalue weighted by molar-refractivity contribution is 7.11. The Kier molecular flexibility index (Phi) is 4.98. The first-order valence-corrected chi connectivity index (χ1v) is 8.12. The number of ether oxygens (including phenoxy) is 1. The van der Waals surface area contributed by atoms with Crippen molar-refractivity contribution in [1.29, 1.82) is 0 Å². The first-order chi connectivity index (χ1) is 9.08. The fourth-order valence-electron chi connectivity index (χ4n) is 2.51. The molecule has 0 amide bonds. The van der Waals surface area contributed by atoms with Crippen molar-refractivity contribution >= 4 is 11.3 Å². The SMILES string of the molecule is COCCNC(C)(c1nc2c(s1)CCCC2)C(C)C. The van der Waals surface area contributed by atoms with Crippen molar-refractivity contribution in [3.8, 4) is 0 Å². The van der Waals surface area contributed by atoms with Crippen molar-refractivity contribution in [2.24, 2.45) is 5.92 Å². The fraction of sp³-hybridized carbons (Fsp3) is 0.800. The van der Waals surface area contributed by atoms with Crippen LogP contribution in [0.1, 0.15) is 49.2 Å². The molecule has 1 aromatic heterocycles. The molecule has 0 aromatic carbocycles. The number of hydrogen-bond acceptors (Lipinski definition) is 4. The van der Waals surface area contributed by atoms with Crippen LogP contribution in [0.5, 0.6) is 0 Å². The lowest BCUT2D eigenvalue weighted by Crippen LogP contribution is -2.45. The summed E-state index contributed by atoms with van der Waals surface area (Å²) in [5, 5.41) is 4.90. The van der Waals surface area contributed by atoms with E-state index >= 15 is 0 Å². The lowest BCUT2D eigenvalue weighted by Gasteiger charge is -2.33. The predicted molar refractivity (Wildman–Crippen MR) is 80.8 cm³/mol. The molecule has 1 N–H and O–H groups in total. The Morgan fingerprint density at radius 3 is 2.74 bits per heavy atom. The van der Waals surface area contributed by atoms with Crippen LogP contribution in [0.3, 0.4) is 0 Å². The molecule has 0 saturated carbocycles. The van der Waals surface area contributed by atoms with Crippen molar-refractivity contribution < 1.29 is 4.74 Å². The van der Waals surface area contributed by atoms with Gasteiger partial charge in [-0.3, -0.25) is 0 Å². The molecular formula is C15H26N2OS. The van der Waals surface area contributed by atoms with E-state index in [1.54, 1.807) is 7.11 Å². The Morgan fingerprint density at radius 2 is 2.11 bits per heavy atom. The van der Waals surface area contributed by atoms with Crippen LogP contribution in [0.15, 0.2) is 0 Å². The Bertz CT molecular complexity index is 393. The van der Waals surface area contributed by atoms with Crippen LogP contribution in [0, 0.1) is 5.92 Å². The lowest BCUT2D eigenvalue weighted by molar-refractivity contribution is 0.173. The summed E-state index contributed by atoms with van der Waals surface area (Å²) in [5.41, 5.74) is 1.31. The zero-order valence-electron chi connectivity index (χ0n) is 12.6. The number of methoxy groups -OCH3 is 1. The molecule has 19 heavy (non-hydrogen) atoms. The first kappa shape index (κ1) is 14.9. The highest BCUT2D eigenvalue weighted by Gasteiger charge is 2.34. The number of thiazole rings is 1. The zero-order chi connectivity index (χ0) is 13.9. The van der Waals surface area contributed by atoms with Crippen LogP contribution in [0.2, 0.25) is 0 Å². The Morgan fingerprint density at radius 1 is 1.37 bits per heavy atom. The van der Waals surface area contributed by atoms with Crippen LogP contribution in [0.25, 0.3) is 0 Å². The van der Waals surface area contributed by atoms with Gasteiger partial charge in [-0.05, 0) is 38.5 Å². The number of fused-ring (bicyclic) bond motifs is 1. The van der Waals surface area contributed by atoms with E-state index in [4.69, 9.17) is 9.72 Å². The van der Waals surface area contributed by atoms with Gasteiger partial charge >= 0.3 is 0 Å². The van der Waals surface area contributed by atoms with Gasteiger partial charge in [0.1, 0.15) is 5.01 Å². The smallest absolute Gasteiger partial charge is 0.113 e. The third-order valence-electron chi connectivity index (χ3n) is 4.24. The summed E-state index contributed by atoms with van der Waals surface area (Å²) in [6, 6.07) is 0. The molecule has 0 bridgehead atoms. The lowest BCUT2D eigenvalue weighted by atomic mass is 9.89. The van der Waals surface area contributed by atoms with E-state index in [2.05, 4.69) is 26.1 Å². The van der Waals surface area contributed by atoms with Gasteiger partial charge in [0.25, 0.3) is 0 Å². The summed E-state index contributed by atoms with van der Waals surface area (Å²) in [7, 11) is 1.75. The molecule has 4 heteroatoms. The molecule has 1 aromatic rings. The van der Waals surface area contributed by atoms with Gasteiger partial charge in [0.2, 0.25) is 0 Å². The molecule has 1 aliphatic rings. The molecule has 0 radical (unpaired) electrons. The van der Waals surface area contributed by atoms with Crippen LogP contribution < -0.4 is 5.32 Å². The van der Waals surface area contributed by atoms with Gasteiger partial charge in [-0.1, -0.05) is 13.8 Å². The van der Waals surface area contributed by atoms with Crippen LogP contribution in [0.4, 0.5) is 0 Å². The number of nitrogens with one attached hydrogen (secondary N) is 1. The van der Waals surface area contributed by atoms with Crippen LogP contribution in [-0.4, -0.2) is 25.2 Å². The van der Waals surface area contributed by atoms with Gasteiger partial charge in [0, 0.05) is 18.5 Å². The predicted octanol–water partition coefficient (Wildman–Crippen LogP) is 3.13. The topological polar surface area (TPSA) is 34.1 Å². The third kappa shape index (κ3) is 3.18. The zero-order valence-corrected chi connectivity index (χ0v) is 13.4. The van der Waals surface area contributed by atoms with Crippen molar-refractivity contribution in [2.45, 2.75) is 52.0 Å². The second-order valence-corrected chi connectivity index (χ2v) is 6.96. The Labute approximate surface area is 120 Å². The van der Waals surface area contributed by atoms with E-state index in [9.17, 15) is 0 Å². The van der Waals surface area contributed by atoms with Gasteiger partial charge in [0.05, 0.1) is 17.8 Å². The van der Waals surface area contributed by atoms with E-state index in [0.29, 0.717) is 5.92 Å². The van der Waals surface area contributed by atoms with E-state index in [1.165, 1.54) is 34.8 Å². The highest BCUT2D eigenvalue weighted by atomic mass is 32.1. The first-order valence-electron chi connectivity index (χ1n) is 7.31. The summed E-state index contributed by atoms with van der Waals surface area (Å²) in [6.07, 6.45) is 5.01. The van der Waals surface area contributed by atoms with Gasteiger partial charge in [0.15, 0.2) is 0 Å². The minimum atomic E-state index is -0.0411. The molecule has 1 aliphatic carbocycles. The summed E-state index contributed by atoms with van der Waals surface area (Å²) in [6.45, 7) is 8.42. The van der Waals surface area contributed by atoms with Crippen LogP contribution in [-0.2, 0) is 23.1 Å². The maximum absolute atomic E-state index is 5.15. The van der Waals surface area contributed by atoms with Gasteiger partial charge in [-0.2, -0.15) is 0 Å². The normalized spacial score (nSPS) is 18.4. The van der Waals surface area contributed by atoms with Crippen molar-refractivity contribution in [3.63, 3.8) is 0 Å². The second-order valence-electron chi connectivity index (χ2n) is 5.87. The number of aromatic nitrogens is 1. The highest BCUT2D eigenvalue weighted by Crippen LogP contribution is 2.36. The third-order valence-corrected chi connectivity index (χ3v) is 5.64. The molecule has 1 unspecified atom stereocenters. The number of aryl methyl sites for hydroxylation is 2. The quantitative estimate of drug-likeness (QED) is 0.814. The van der Waals surface area contributed by atoms with Crippen molar-refractivity contribution in [2.75, 3.05) is 20.3 Å². The standard InChI is InChI=1S/C15H26N2OS/c1-11(2)15(3,16-9-10-18-4)14-17-12-7-5-6-8-13(12)19-14/h11,16H,5-10H2,1-4H3. The second kappa shape index (κ2) is 6.33. The molecule has 0 saturated heterocycles. The monoisotopic (exact) mass is 282 g/mol. The number of hydrogen-bond donors (Lipinski definition) is 1. The molecule has 2 rings (SSSR count). The van der Waals surface area contributed by atoms with Gasteiger partial charge in [-0.25, -0.2) is 4.98 Å². The summed E-state index contributed by atoms with van der Waals surface area (Å²) in [5.74, 6) is 0.511. The van der Waals surface area contributed by atoms with Crippen molar-refractivity contribution in [1.82, 2.24) is 10.3 Å². The average Bonchev–Trinajstić information content (AvgIpc) is 2.82. The van der Waals surface area contributed by atoms with Crippen molar-refractivity contribution in [3.05, 3.63) is 15.6 Å². The van der Waals surface area contributed by atoms with Crippen LogP contribution >= 0.6 is 11.3 Å². The largest absolute Gasteiger partial charge is 0.383 e. The molecule has 108 valence electrons. The number of nitrogens with zero attached hydrogens (tertiary/aromatic N) is 1. The average molecular weight is 282 g/mol. The van der Waals surface area contributed by atoms with E-state index in [-0.39, 0.29) is 5.54 Å². The fourth-order valence-corrected chi connectivity index (χ4v) is 3.93. The summed E-state index contributed by atoms with van der Waals surface area (Å²) < 4.78 is 5.15. The van der Waals surface area contributed by atoms with E-state index in [0.717, 1.165) is 19.6 Å². The minimum Gasteiger partial charge on any atom is -0.383 e.